The summed E-state index contributed by atoms with van der Waals surface area (Å²) >= 11 is 3.68. The molecule has 2 heterocycles. The Morgan fingerprint density at radius 3 is 2.41 bits per heavy atom. The van der Waals surface area contributed by atoms with Gasteiger partial charge < -0.3 is 4.90 Å². The van der Waals surface area contributed by atoms with Crippen LogP contribution in [0.4, 0.5) is 0 Å². The summed E-state index contributed by atoms with van der Waals surface area (Å²) in [5.41, 5.74) is 0. The standard InChI is InChI=1S/C14H27BrN2/c1-16-9-4-2-6-13(16)8-11-17-10-5-3-7-14(17)12-15/h13-14H,2-12H2,1H3. The van der Waals surface area contributed by atoms with Crippen LogP contribution in [0.15, 0.2) is 0 Å². The maximum absolute atomic E-state index is 3.68. The van der Waals surface area contributed by atoms with Crippen molar-refractivity contribution in [2.75, 3.05) is 32.0 Å². The highest BCUT2D eigenvalue weighted by Gasteiger charge is 2.24. The summed E-state index contributed by atoms with van der Waals surface area (Å²) < 4.78 is 0. The quantitative estimate of drug-likeness (QED) is 0.736. The first-order chi connectivity index (χ1) is 8.31. The lowest BCUT2D eigenvalue weighted by atomic mass is 9.98. The molecule has 0 N–H and O–H groups in total. The van der Waals surface area contributed by atoms with E-state index in [0.29, 0.717) is 0 Å². The van der Waals surface area contributed by atoms with Crippen molar-refractivity contribution in [3.05, 3.63) is 0 Å². The highest BCUT2D eigenvalue weighted by Crippen LogP contribution is 2.22. The highest BCUT2D eigenvalue weighted by atomic mass is 79.9. The molecule has 2 saturated heterocycles. The van der Waals surface area contributed by atoms with E-state index in [9.17, 15) is 0 Å². The monoisotopic (exact) mass is 302 g/mol. The molecule has 2 nitrogen and oxygen atoms in total. The van der Waals surface area contributed by atoms with E-state index < -0.39 is 0 Å². The summed E-state index contributed by atoms with van der Waals surface area (Å²) in [7, 11) is 2.31. The van der Waals surface area contributed by atoms with Gasteiger partial charge in [0.2, 0.25) is 0 Å². The molecule has 0 bridgehead atoms. The van der Waals surface area contributed by atoms with Crippen LogP contribution in [-0.4, -0.2) is 53.9 Å². The summed E-state index contributed by atoms with van der Waals surface area (Å²) in [6.07, 6.45) is 9.87. The van der Waals surface area contributed by atoms with E-state index in [1.807, 2.05) is 0 Å². The average Bonchev–Trinajstić information content (AvgIpc) is 2.38. The minimum Gasteiger partial charge on any atom is -0.303 e. The second-order valence-corrected chi connectivity index (χ2v) is 6.41. The van der Waals surface area contributed by atoms with E-state index in [-0.39, 0.29) is 0 Å². The summed E-state index contributed by atoms with van der Waals surface area (Å²) in [6.45, 7) is 3.95. The van der Waals surface area contributed by atoms with Gasteiger partial charge in [0.05, 0.1) is 0 Å². The van der Waals surface area contributed by atoms with Crippen molar-refractivity contribution in [1.82, 2.24) is 9.80 Å². The predicted molar refractivity (Wildman–Crippen MR) is 77.9 cm³/mol. The Morgan fingerprint density at radius 2 is 1.71 bits per heavy atom. The molecule has 0 spiro atoms. The summed E-state index contributed by atoms with van der Waals surface area (Å²) in [6, 6.07) is 1.65. The topological polar surface area (TPSA) is 6.48 Å². The maximum Gasteiger partial charge on any atom is 0.0192 e. The summed E-state index contributed by atoms with van der Waals surface area (Å²) in [5, 5.41) is 1.16. The molecule has 0 amide bonds. The fraction of sp³-hybridized carbons (Fsp3) is 1.00. The first-order valence-electron chi connectivity index (χ1n) is 7.31. The van der Waals surface area contributed by atoms with Crippen LogP contribution in [0.2, 0.25) is 0 Å². The Hall–Kier alpha value is 0.400. The number of alkyl halides is 1. The lowest BCUT2D eigenvalue weighted by Crippen LogP contribution is -2.44. The van der Waals surface area contributed by atoms with Gasteiger partial charge in [-0.25, -0.2) is 0 Å². The summed E-state index contributed by atoms with van der Waals surface area (Å²) in [5.74, 6) is 0. The number of hydrogen-bond donors (Lipinski definition) is 0. The van der Waals surface area contributed by atoms with E-state index in [1.54, 1.807) is 0 Å². The molecule has 0 saturated carbocycles. The molecule has 0 radical (unpaired) electrons. The molecule has 2 fully saturated rings. The van der Waals surface area contributed by atoms with Gasteiger partial charge in [0, 0.05) is 17.4 Å². The first kappa shape index (κ1) is 13.8. The third kappa shape index (κ3) is 3.93. The summed E-state index contributed by atoms with van der Waals surface area (Å²) in [4.78, 5) is 5.30. The lowest BCUT2D eigenvalue weighted by molar-refractivity contribution is 0.121. The largest absolute Gasteiger partial charge is 0.303 e. The van der Waals surface area contributed by atoms with Crippen molar-refractivity contribution in [3.63, 3.8) is 0 Å². The van der Waals surface area contributed by atoms with Crippen molar-refractivity contribution in [2.45, 2.75) is 57.0 Å². The molecule has 3 heteroatoms. The van der Waals surface area contributed by atoms with Crippen molar-refractivity contribution in [2.24, 2.45) is 0 Å². The van der Waals surface area contributed by atoms with Gasteiger partial charge in [-0.05, 0) is 58.8 Å². The average molecular weight is 303 g/mol. The molecule has 0 aromatic rings. The third-order valence-electron chi connectivity index (χ3n) is 4.60. The molecule has 100 valence electrons. The van der Waals surface area contributed by atoms with Crippen molar-refractivity contribution in [3.8, 4) is 0 Å². The highest BCUT2D eigenvalue weighted by molar-refractivity contribution is 9.09. The van der Waals surface area contributed by atoms with Crippen molar-refractivity contribution in [1.29, 1.82) is 0 Å². The first-order valence-corrected chi connectivity index (χ1v) is 8.43. The van der Waals surface area contributed by atoms with Gasteiger partial charge in [0.25, 0.3) is 0 Å². The lowest BCUT2D eigenvalue weighted by Gasteiger charge is -2.38. The molecular formula is C14H27BrN2. The van der Waals surface area contributed by atoms with E-state index in [0.717, 1.165) is 17.4 Å². The Morgan fingerprint density at radius 1 is 1.00 bits per heavy atom. The van der Waals surface area contributed by atoms with Gasteiger partial charge >= 0.3 is 0 Å². The van der Waals surface area contributed by atoms with E-state index in [4.69, 9.17) is 0 Å². The second-order valence-electron chi connectivity index (χ2n) is 5.76. The Balaban J connectivity index is 1.75. The van der Waals surface area contributed by atoms with Crippen LogP contribution in [0.1, 0.15) is 44.9 Å². The molecule has 2 unspecified atom stereocenters. The minimum absolute atomic E-state index is 0.803. The minimum atomic E-state index is 0.803. The zero-order chi connectivity index (χ0) is 12.1. The van der Waals surface area contributed by atoms with Crippen LogP contribution in [0.25, 0.3) is 0 Å². The van der Waals surface area contributed by atoms with Crippen LogP contribution in [-0.2, 0) is 0 Å². The number of likely N-dealkylation sites (tertiary alicyclic amines) is 2. The predicted octanol–water partition coefficient (Wildman–Crippen LogP) is 3.11. The Kier molecular flexibility index (Phi) is 5.78. The molecule has 2 atom stereocenters. The molecule has 2 aliphatic heterocycles. The fourth-order valence-electron chi connectivity index (χ4n) is 3.35. The number of nitrogens with zero attached hydrogens (tertiary/aromatic N) is 2. The molecule has 0 aromatic heterocycles. The van der Waals surface area contributed by atoms with Gasteiger partial charge in [0.1, 0.15) is 0 Å². The molecule has 2 rings (SSSR count). The molecule has 0 aromatic carbocycles. The molecule has 17 heavy (non-hydrogen) atoms. The van der Waals surface area contributed by atoms with E-state index in [1.165, 1.54) is 64.6 Å². The Bertz CT molecular complexity index is 222. The SMILES string of the molecule is CN1CCCCC1CCN1CCCCC1CBr. The molecular weight excluding hydrogens is 276 g/mol. The zero-order valence-corrected chi connectivity index (χ0v) is 12.8. The number of rotatable bonds is 4. The van der Waals surface area contributed by atoms with Gasteiger partial charge in [-0.2, -0.15) is 0 Å². The van der Waals surface area contributed by atoms with Crippen LogP contribution in [0, 0.1) is 0 Å². The number of halogens is 1. The maximum atomic E-state index is 3.68. The van der Waals surface area contributed by atoms with Crippen LogP contribution in [0.5, 0.6) is 0 Å². The van der Waals surface area contributed by atoms with Crippen LogP contribution in [0.3, 0.4) is 0 Å². The molecule has 2 aliphatic rings. The van der Waals surface area contributed by atoms with E-state index in [2.05, 4.69) is 32.8 Å². The normalized spacial score (nSPS) is 32.8. The van der Waals surface area contributed by atoms with Gasteiger partial charge in [-0.15, -0.1) is 0 Å². The van der Waals surface area contributed by atoms with E-state index >= 15 is 0 Å². The third-order valence-corrected chi connectivity index (χ3v) is 5.35. The van der Waals surface area contributed by atoms with Crippen LogP contribution >= 0.6 is 15.9 Å². The second kappa shape index (κ2) is 7.10. The molecule has 0 aliphatic carbocycles. The fourth-order valence-corrected chi connectivity index (χ4v) is 4.09. The Labute approximate surface area is 115 Å². The van der Waals surface area contributed by atoms with Gasteiger partial charge in [-0.1, -0.05) is 28.8 Å². The zero-order valence-electron chi connectivity index (χ0n) is 11.2. The van der Waals surface area contributed by atoms with Crippen molar-refractivity contribution >= 4 is 15.9 Å². The smallest absolute Gasteiger partial charge is 0.0192 e. The number of piperidine rings is 2. The van der Waals surface area contributed by atoms with Crippen LogP contribution < -0.4 is 0 Å². The number of hydrogen-bond acceptors (Lipinski definition) is 2. The van der Waals surface area contributed by atoms with Gasteiger partial charge in [-0.3, -0.25) is 4.90 Å². The van der Waals surface area contributed by atoms with Gasteiger partial charge in [0.15, 0.2) is 0 Å². The van der Waals surface area contributed by atoms with Crippen molar-refractivity contribution < 1.29 is 0 Å².